The number of allylic oxidation sites excluding steroid dienone is 1. The average molecular weight is 351 g/mol. The number of hydrogen-bond donors (Lipinski definition) is 2. The van der Waals surface area contributed by atoms with Crippen LogP contribution in [0.2, 0.25) is 0 Å². The Morgan fingerprint density at radius 2 is 2.12 bits per heavy atom. The number of aromatic nitrogens is 2. The zero-order chi connectivity index (χ0) is 17.6. The lowest BCUT2D eigenvalue weighted by Gasteiger charge is -2.35. The maximum absolute atomic E-state index is 12.6. The molecule has 0 bridgehead atoms. The van der Waals surface area contributed by atoms with Crippen molar-refractivity contribution in [2.45, 2.75) is 19.0 Å². The first kappa shape index (κ1) is 16.5. The Morgan fingerprint density at radius 1 is 1.36 bits per heavy atom. The number of hydrogen-bond acceptors (Lipinski definition) is 4. The third-order valence-corrected chi connectivity index (χ3v) is 4.84. The van der Waals surface area contributed by atoms with Crippen molar-refractivity contribution in [2.75, 3.05) is 19.6 Å². The molecule has 9 heteroatoms. The minimum Gasteiger partial charge on any atom is -0.531 e. The zero-order valence-electron chi connectivity index (χ0n) is 13.4. The van der Waals surface area contributed by atoms with Crippen LogP contribution in [0.15, 0.2) is 24.4 Å². The van der Waals surface area contributed by atoms with Gasteiger partial charge >= 0.3 is 13.3 Å². The van der Waals surface area contributed by atoms with Crippen molar-refractivity contribution in [3.63, 3.8) is 0 Å². The fourth-order valence-electron chi connectivity index (χ4n) is 3.77. The Kier molecular flexibility index (Phi) is 4.00. The molecule has 4 rings (SSSR count). The molecule has 1 saturated heterocycles. The van der Waals surface area contributed by atoms with E-state index in [4.69, 9.17) is 4.65 Å². The first-order valence-electron chi connectivity index (χ1n) is 8.23. The van der Waals surface area contributed by atoms with Gasteiger partial charge in [0, 0.05) is 17.1 Å². The van der Waals surface area contributed by atoms with Gasteiger partial charge in [-0.1, -0.05) is 0 Å². The molecule has 5 nitrogen and oxygen atoms in total. The molecular weight excluding hydrogens is 334 g/mol. The van der Waals surface area contributed by atoms with Crippen LogP contribution in [0.1, 0.15) is 18.4 Å². The highest BCUT2D eigenvalue weighted by atomic mass is 19.4. The third-order valence-electron chi connectivity index (χ3n) is 4.84. The van der Waals surface area contributed by atoms with Crippen molar-refractivity contribution >= 4 is 23.7 Å². The summed E-state index contributed by atoms with van der Waals surface area (Å²) >= 11 is 0. The van der Waals surface area contributed by atoms with E-state index in [0.29, 0.717) is 31.7 Å². The second-order valence-corrected chi connectivity index (χ2v) is 6.53. The van der Waals surface area contributed by atoms with Crippen molar-refractivity contribution in [1.82, 2.24) is 14.9 Å². The minimum absolute atomic E-state index is 0.0854. The molecule has 0 aliphatic carbocycles. The molecule has 2 aromatic heterocycles. The number of likely N-dealkylation sites (tertiary alicyclic amines) is 1. The Bertz CT molecular complexity index is 813. The van der Waals surface area contributed by atoms with Crippen LogP contribution in [0.25, 0.3) is 16.6 Å². The normalized spacial score (nSPS) is 19.7. The van der Waals surface area contributed by atoms with Gasteiger partial charge in [-0.15, -0.1) is 0 Å². The average Bonchev–Trinajstić information content (AvgIpc) is 3.01. The van der Waals surface area contributed by atoms with Crippen molar-refractivity contribution in [3.05, 3.63) is 30.0 Å². The number of H-pyrrole nitrogens is 1. The maximum Gasteiger partial charge on any atom is 0.552 e. The number of aromatic amines is 1. The van der Waals surface area contributed by atoms with Crippen LogP contribution < -0.4 is 4.65 Å². The molecule has 0 unspecified atom stereocenters. The summed E-state index contributed by atoms with van der Waals surface area (Å²) < 4.78 is 43.2. The fraction of sp³-hybridized carbons (Fsp3) is 0.438. The minimum atomic E-state index is -4.17. The summed E-state index contributed by atoms with van der Waals surface area (Å²) in [4.78, 5) is 8.75. The van der Waals surface area contributed by atoms with Crippen LogP contribution in [-0.2, 0) is 0 Å². The van der Waals surface area contributed by atoms with Crippen molar-refractivity contribution < 1.29 is 22.8 Å². The Labute approximate surface area is 142 Å². The molecule has 0 saturated carbocycles. The number of piperidine rings is 1. The first-order valence-corrected chi connectivity index (χ1v) is 8.23. The second kappa shape index (κ2) is 6.07. The van der Waals surface area contributed by atoms with Gasteiger partial charge in [-0.25, -0.2) is 4.98 Å². The molecule has 0 spiro atoms. The summed E-state index contributed by atoms with van der Waals surface area (Å²) in [7, 11) is -1.06. The van der Waals surface area contributed by atoms with Crippen LogP contribution in [0.3, 0.4) is 0 Å². The number of nitrogens with zero attached hydrogens (tertiary/aromatic N) is 2. The van der Waals surface area contributed by atoms with E-state index in [9.17, 15) is 18.2 Å². The second-order valence-electron chi connectivity index (χ2n) is 6.53. The molecule has 2 aliphatic heterocycles. The van der Waals surface area contributed by atoms with E-state index in [1.54, 1.807) is 18.4 Å². The van der Waals surface area contributed by atoms with Crippen molar-refractivity contribution in [2.24, 2.45) is 5.92 Å². The van der Waals surface area contributed by atoms with Crippen LogP contribution in [0.4, 0.5) is 13.2 Å². The lowest BCUT2D eigenvalue weighted by atomic mass is 9.74. The molecule has 1 fully saturated rings. The predicted octanol–water partition coefficient (Wildman–Crippen LogP) is 2.63. The van der Waals surface area contributed by atoms with Crippen molar-refractivity contribution in [3.8, 4) is 5.75 Å². The molecule has 0 radical (unpaired) electrons. The van der Waals surface area contributed by atoms with Gasteiger partial charge in [-0.2, -0.15) is 13.2 Å². The molecule has 2 aliphatic rings. The topological polar surface area (TPSA) is 61.4 Å². The van der Waals surface area contributed by atoms with Gasteiger partial charge in [0.15, 0.2) is 0 Å². The molecule has 2 aromatic rings. The lowest BCUT2D eigenvalue weighted by Crippen LogP contribution is -2.40. The van der Waals surface area contributed by atoms with Crippen LogP contribution in [0, 0.1) is 5.92 Å². The van der Waals surface area contributed by atoms with Gasteiger partial charge in [0.2, 0.25) is 0 Å². The van der Waals surface area contributed by atoms with E-state index >= 15 is 0 Å². The van der Waals surface area contributed by atoms with Gasteiger partial charge < -0.3 is 14.7 Å². The number of halogens is 3. The Hall–Kier alpha value is -2.00. The van der Waals surface area contributed by atoms with Crippen molar-refractivity contribution in [1.29, 1.82) is 0 Å². The van der Waals surface area contributed by atoms with Gasteiger partial charge in [-0.3, -0.25) is 4.90 Å². The van der Waals surface area contributed by atoms with E-state index in [1.165, 1.54) is 4.90 Å². The predicted molar refractivity (Wildman–Crippen MR) is 87.9 cm³/mol. The smallest absolute Gasteiger partial charge is 0.531 e. The van der Waals surface area contributed by atoms with E-state index in [2.05, 4.69) is 9.97 Å². The molecule has 25 heavy (non-hydrogen) atoms. The molecule has 0 atom stereocenters. The number of fused-ring (bicyclic) bond motifs is 3. The highest BCUT2D eigenvalue weighted by molar-refractivity contribution is 6.52. The summed E-state index contributed by atoms with van der Waals surface area (Å²) in [5, 5.41) is 10.9. The molecular formula is C16H17BF3N3O2. The number of rotatable bonds is 2. The Morgan fingerprint density at radius 3 is 2.84 bits per heavy atom. The van der Waals surface area contributed by atoms with Gasteiger partial charge in [0.25, 0.3) is 0 Å². The van der Waals surface area contributed by atoms with Gasteiger partial charge in [0.05, 0.1) is 12.7 Å². The fourth-order valence-corrected chi connectivity index (χ4v) is 3.77. The van der Waals surface area contributed by atoms with Crippen LogP contribution in [-0.4, -0.2) is 52.8 Å². The van der Waals surface area contributed by atoms with Crippen LogP contribution in [0.5, 0.6) is 5.75 Å². The van der Waals surface area contributed by atoms with E-state index < -0.39 is 19.8 Å². The largest absolute Gasteiger partial charge is 0.552 e. The summed E-state index contributed by atoms with van der Waals surface area (Å²) in [6.07, 6.45) is 0.414. The number of pyridine rings is 1. The standard InChI is InChI=1S/C16H17BF3N3O2/c18-16(19,20)9-23-5-2-10(3-6-23)12-7-17(24)25-13-8-22-15-11(14(12)13)1-4-21-15/h1,4,7-8,10,24H,2-3,5-6,9H2,(H,21,22). The van der Waals surface area contributed by atoms with E-state index in [0.717, 1.165) is 22.2 Å². The summed E-state index contributed by atoms with van der Waals surface area (Å²) in [5.74, 6) is 2.26. The quantitative estimate of drug-likeness (QED) is 0.817. The van der Waals surface area contributed by atoms with Gasteiger partial charge in [-0.05, 0) is 49.5 Å². The zero-order valence-corrected chi connectivity index (χ0v) is 13.4. The monoisotopic (exact) mass is 351 g/mol. The van der Waals surface area contributed by atoms with E-state index in [1.807, 2.05) is 6.07 Å². The molecule has 2 N–H and O–H groups in total. The molecule has 4 heterocycles. The Balaban J connectivity index is 1.60. The van der Waals surface area contributed by atoms with Gasteiger partial charge in [0.1, 0.15) is 11.4 Å². The molecule has 132 valence electrons. The first-order chi connectivity index (χ1) is 11.9. The SMILES string of the molecule is OB1C=C(C2CCN(CC(F)(F)F)CC2)c2c(cnc3[nH]ccc23)O1. The summed E-state index contributed by atoms with van der Waals surface area (Å²) in [6.45, 7) is -0.0998. The third kappa shape index (κ3) is 3.26. The maximum atomic E-state index is 12.6. The van der Waals surface area contributed by atoms with E-state index in [-0.39, 0.29) is 5.92 Å². The summed E-state index contributed by atoms with van der Waals surface area (Å²) in [5.41, 5.74) is 2.54. The number of nitrogens with one attached hydrogen (secondary N) is 1. The van der Waals surface area contributed by atoms with Crippen LogP contribution >= 0.6 is 0 Å². The highest BCUT2D eigenvalue weighted by Gasteiger charge is 2.35. The molecule has 0 aromatic carbocycles. The highest BCUT2D eigenvalue weighted by Crippen LogP contribution is 2.42. The summed E-state index contributed by atoms with van der Waals surface area (Å²) in [6, 6.07) is 1.90. The molecule has 0 amide bonds. The number of alkyl halides is 3. The lowest BCUT2D eigenvalue weighted by molar-refractivity contribution is -0.148.